The fourth-order valence-corrected chi connectivity index (χ4v) is 2.49. The Morgan fingerprint density at radius 1 is 1.26 bits per heavy atom. The lowest BCUT2D eigenvalue weighted by atomic mass is 9.99. The molecule has 4 nitrogen and oxygen atoms in total. The third kappa shape index (κ3) is 4.37. The normalized spacial score (nSPS) is 16.3. The summed E-state index contributed by atoms with van der Waals surface area (Å²) >= 11 is 5.79. The lowest BCUT2D eigenvalue weighted by molar-refractivity contribution is -0.144. The minimum absolute atomic E-state index is 0.0635. The molecule has 0 aromatic heterocycles. The molecule has 8 heteroatoms. The van der Waals surface area contributed by atoms with Gasteiger partial charge in [0.25, 0.3) is 0 Å². The lowest BCUT2D eigenvalue weighted by Crippen LogP contribution is -2.43. The van der Waals surface area contributed by atoms with Crippen LogP contribution in [-0.4, -0.2) is 29.8 Å². The standard InChI is InChI=1S/C15H16ClF3N2O2/c1-9-4-6-21(7-5-9)14(23)13(22)20-12-8-10(15(17,18)19)2-3-11(12)16/h2-3,8-9H,4-7H2,1H3,(H,20,22). The van der Waals surface area contributed by atoms with Crippen LogP contribution in [0.5, 0.6) is 0 Å². The predicted octanol–water partition coefficient (Wildman–Crippen LogP) is 3.56. The summed E-state index contributed by atoms with van der Waals surface area (Å²) < 4.78 is 38.1. The van der Waals surface area contributed by atoms with Crippen LogP contribution in [0.1, 0.15) is 25.3 Å². The van der Waals surface area contributed by atoms with Crippen LogP contribution in [0.25, 0.3) is 0 Å². The molecule has 0 saturated carbocycles. The van der Waals surface area contributed by atoms with Gasteiger partial charge in [0.2, 0.25) is 0 Å². The van der Waals surface area contributed by atoms with Gasteiger partial charge in [-0.3, -0.25) is 9.59 Å². The van der Waals surface area contributed by atoms with Crippen molar-refractivity contribution in [2.45, 2.75) is 25.9 Å². The Morgan fingerprint density at radius 2 is 1.87 bits per heavy atom. The van der Waals surface area contributed by atoms with E-state index in [2.05, 4.69) is 12.2 Å². The maximum atomic E-state index is 12.7. The number of hydrogen-bond acceptors (Lipinski definition) is 2. The molecule has 126 valence electrons. The first kappa shape index (κ1) is 17.6. The lowest BCUT2D eigenvalue weighted by Gasteiger charge is -2.29. The van der Waals surface area contributed by atoms with Crippen LogP contribution < -0.4 is 5.32 Å². The van der Waals surface area contributed by atoms with Crippen molar-refractivity contribution in [2.24, 2.45) is 5.92 Å². The number of benzene rings is 1. The highest BCUT2D eigenvalue weighted by molar-refractivity contribution is 6.41. The fraction of sp³-hybridized carbons (Fsp3) is 0.467. The number of carbonyl (C=O) groups excluding carboxylic acids is 2. The smallest absolute Gasteiger partial charge is 0.334 e. The number of anilines is 1. The van der Waals surface area contributed by atoms with Crippen molar-refractivity contribution in [3.63, 3.8) is 0 Å². The van der Waals surface area contributed by atoms with Crippen LogP contribution in [0.2, 0.25) is 5.02 Å². The van der Waals surface area contributed by atoms with Crippen LogP contribution in [-0.2, 0) is 15.8 Å². The van der Waals surface area contributed by atoms with Gasteiger partial charge in [-0.1, -0.05) is 18.5 Å². The van der Waals surface area contributed by atoms with Gasteiger partial charge in [0.05, 0.1) is 16.3 Å². The highest BCUT2D eigenvalue weighted by atomic mass is 35.5. The number of hydrogen-bond donors (Lipinski definition) is 1. The Balaban J connectivity index is 2.09. The van der Waals surface area contributed by atoms with Crippen LogP contribution >= 0.6 is 11.6 Å². The number of nitrogens with one attached hydrogen (secondary N) is 1. The van der Waals surface area contributed by atoms with Crippen molar-refractivity contribution in [2.75, 3.05) is 18.4 Å². The van der Waals surface area contributed by atoms with Crippen molar-refractivity contribution in [3.05, 3.63) is 28.8 Å². The van der Waals surface area contributed by atoms with Gasteiger partial charge in [0.15, 0.2) is 0 Å². The molecule has 1 saturated heterocycles. The highest BCUT2D eigenvalue weighted by Crippen LogP contribution is 2.33. The third-order valence-electron chi connectivity index (χ3n) is 3.81. The molecular formula is C15H16ClF3N2O2. The number of likely N-dealkylation sites (tertiary alicyclic amines) is 1. The molecule has 1 aromatic rings. The van der Waals surface area contributed by atoms with Crippen molar-refractivity contribution in [3.8, 4) is 0 Å². The topological polar surface area (TPSA) is 49.4 Å². The maximum absolute atomic E-state index is 12.7. The molecule has 1 aliphatic rings. The summed E-state index contributed by atoms with van der Waals surface area (Å²) in [4.78, 5) is 25.4. The summed E-state index contributed by atoms with van der Waals surface area (Å²) in [7, 11) is 0. The molecule has 2 rings (SSSR count). The van der Waals surface area contributed by atoms with Gasteiger partial charge >= 0.3 is 18.0 Å². The van der Waals surface area contributed by atoms with Gasteiger partial charge in [-0.15, -0.1) is 0 Å². The Hall–Kier alpha value is -1.76. The summed E-state index contributed by atoms with van der Waals surface area (Å²) in [5.74, 6) is -1.26. The van der Waals surface area contributed by atoms with E-state index in [4.69, 9.17) is 11.6 Å². The summed E-state index contributed by atoms with van der Waals surface area (Å²) in [6.07, 6.45) is -2.97. The molecule has 0 radical (unpaired) electrons. The van der Waals surface area contributed by atoms with Crippen molar-refractivity contribution in [1.82, 2.24) is 4.90 Å². The summed E-state index contributed by atoms with van der Waals surface area (Å²) in [5.41, 5.74) is -1.18. The van der Waals surface area contributed by atoms with Crippen LogP contribution in [0, 0.1) is 5.92 Å². The molecule has 0 atom stereocenters. The Bertz CT molecular complexity index is 611. The highest BCUT2D eigenvalue weighted by Gasteiger charge is 2.32. The first-order valence-corrected chi connectivity index (χ1v) is 7.53. The molecule has 1 heterocycles. The van der Waals surface area contributed by atoms with Gasteiger partial charge in [0.1, 0.15) is 0 Å². The van der Waals surface area contributed by atoms with E-state index in [9.17, 15) is 22.8 Å². The molecule has 1 aromatic carbocycles. The monoisotopic (exact) mass is 348 g/mol. The Labute approximate surface area is 136 Å². The van der Waals surface area contributed by atoms with E-state index in [1.54, 1.807) is 0 Å². The second kappa shape index (κ2) is 6.78. The number of amides is 2. The average Bonchev–Trinajstić information content (AvgIpc) is 2.48. The first-order chi connectivity index (χ1) is 10.7. The van der Waals surface area contributed by atoms with E-state index in [0.717, 1.165) is 25.0 Å². The molecule has 0 spiro atoms. The number of carbonyl (C=O) groups is 2. The first-order valence-electron chi connectivity index (χ1n) is 7.15. The third-order valence-corrected chi connectivity index (χ3v) is 4.14. The molecule has 1 fully saturated rings. The molecule has 0 bridgehead atoms. The van der Waals surface area contributed by atoms with E-state index in [1.165, 1.54) is 4.90 Å². The average molecular weight is 349 g/mol. The minimum Gasteiger partial charge on any atom is -0.334 e. The van der Waals surface area contributed by atoms with E-state index in [0.29, 0.717) is 25.1 Å². The molecule has 23 heavy (non-hydrogen) atoms. The minimum atomic E-state index is -4.56. The van der Waals surface area contributed by atoms with Crippen molar-refractivity contribution < 1.29 is 22.8 Å². The maximum Gasteiger partial charge on any atom is 0.416 e. The molecule has 2 amide bonds. The number of halogens is 4. The van der Waals surface area contributed by atoms with Crippen LogP contribution in [0.15, 0.2) is 18.2 Å². The largest absolute Gasteiger partial charge is 0.416 e. The van der Waals surface area contributed by atoms with Crippen LogP contribution in [0.4, 0.5) is 18.9 Å². The molecule has 0 aliphatic carbocycles. The van der Waals surface area contributed by atoms with E-state index >= 15 is 0 Å². The SMILES string of the molecule is CC1CCN(C(=O)C(=O)Nc2cc(C(F)(F)F)ccc2Cl)CC1. The van der Waals surface area contributed by atoms with Gasteiger partial charge in [-0.05, 0) is 37.0 Å². The van der Waals surface area contributed by atoms with E-state index in [1.807, 2.05) is 0 Å². The molecule has 1 aliphatic heterocycles. The Morgan fingerprint density at radius 3 is 2.43 bits per heavy atom. The van der Waals surface area contributed by atoms with Crippen LogP contribution in [0.3, 0.4) is 0 Å². The van der Waals surface area contributed by atoms with Crippen molar-refractivity contribution >= 4 is 29.1 Å². The second-order valence-corrected chi connectivity index (χ2v) is 6.03. The zero-order chi connectivity index (χ0) is 17.2. The summed E-state index contributed by atoms with van der Waals surface area (Å²) in [5, 5.41) is 2.11. The number of nitrogens with zero attached hydrogens (tertiary/aromatic N) is 1. The van der Waals surface area contributed by atoms with Gasteiger partial charge in [-0.25, -0.2) is 0 Å². The predicted molar refractivity (Wildman–Crippen MR) is 80.1 cm³/mol. The van der Waals surface area contributed by atoms with Gasteiger partial charge in [-0.2, -0.15) is 13.2 Å². The van der Waals surface area contributed by atoms with Crippen molar-refractivity contribution in [1.29, 1.82) is 0 Å². The molecule has 1 N–H and O–H groups in total. The van der Waals surface area contributed by atoms with Gasteiger partial charge < -0.3 is 10.2 Å². The fourth-order valence-electron chi connectivity index (χ4n) is 2.33. The summed E-state index contributed by atoms with van der Waals surface area (Å²) in [6, 6.07) is 2.56. The number of piperidine rings is 1. The zero-order valence-corrected chi connectivity index (χ0v) is 13.2. The zero-order valence-electron chi connectivity index (χ0n) is 12.4. The molecule has 0 unspecified atom stereocenters. The second-order valence-electron chi connectivity index (χ2n) is 5.62. The number of alkyl halides is 3. The molecular weight excluding hydrogens is 333 g/mol. The van der Waals surface area contributed by atoms with Gasteiger partial charge in [0, 0.05) is 13.1 Å². The summed E-state index contributed by atoms with van der Waals surface area (Å²) in [6.45, 7) is 2.98. The Kier molecular flexibility index (Phi) is 5.19. The quantitative estimate of drug-likeness (QED) is 0.789. The number of rotatable bonds is 1. The van der Waals surface area contributed by atoms with E-state index in [-0.39, 0.29) is 10.7 Å². The van der Waals surface area contributed by atoms with E-state index < -0.39 is 23.6 Å².